The number of carbonyl (C=O) groups is 1. The number of aromatic amines is 1. The maximum Gasteiger partial charge on any atom is 0.292 e. The minimum Gasteiger partial charge on any atom is -0.412 e. The molecule has 10 nitrogen and oxygen atoms in total. The second-order valence-electron chi connectivity index (χ2n) is 7.87. The van der Waals surface area contributed by atoms with Crippen LogP contribution >= 0.6 is 0 Å². The van der Waals surface area contributed by atoms with Crippen molar-refractivity contribution in [2.45, 2.75) is 20.3 Å². The minimum absolute atomic E-state index is 0.110. The highest BCUT2D eigenvalue weighted by Crippen LogP contribution is 2.27. The van der Waals surface area contributed by atoms with E-state index in [9.17, 15) is 9.59 Å². The van der Waals surface area contributed by atoms with Crippen LogP contribution in [0.4, 0.5) is 11.6 Å². The van der Waals surface area contributed by atoms with Gasteiger partial charge in [0.2, 0.25) is 11.9 Å². The van der Waals surface area contributed by atoms with E-state index in [4.69, 9.17) is 9.94 Å². The highest BCUT2D eigenvalue weighted by Gasteiger charge is 2.17. The van der Waals surface area contributed by atoms with E-state index in [1.807, 2.05) is 32.0 Å². The lowest BCUT2D eigenvalue weighted by atomic mass is 9.96. The zero-order valence-electron chi connectivity index (χ0n) is 19.2. The van der Waals surface area contributed by atoms with Crippen molar-refractivity contribution in [3.05, 3.63) is 69.9 Å². The molecule has 0 unspecified atom stereocenters. The number of fused-ring (bicyclic) bond motifs is 1. The third kappa shape index (κ3) is 4.62. The Balaban J connectivity index is 1.65. The number of hydrogen-bond acceptors (Lipinski definition) is 7. The first kappa shape index (κ1) is 23.0. The highest BCUT2D eigenvalue weighted by molar-refractivity contribution is 5.83. The van der Waals surface area contributed by atoms with E-state index in [0.29, 0.717) is 28.0 Å². The predicted octanol–water partition coefficient (Wildman–Crippen LogP) is 1.86. The Morgan fingerprint density at radius 1 is 1.24 bits per heavy atom. The third-order valence-corrected chi connectivity index (χ3v) is 5.42. The minimum atomic E-state index is -0.310. The monoisotopic (exact) mass is 462 g/mol. The van der Waals surface area contributed by atoms with Crippen LogP contribution in [0, 0.1) is 13.8 Å². The Hall–Kier alpha value is -4.18. The van der Waals surface area contributed by atoms with Gasteiger partial charge in [0.05, 0.1) is 24.3 Å². The second kappa shape index (κ2) is 9.75. The molecule has 0 radical (unpaired) electrons. The molecule has 4 aromatic rings. The summed E-state index contributed by atoms with van der Waals surface area (Å²) in [6, 6.07) is 9.44. The van der Waals surface area contributed by atoms with E-state index in [2.05, 4.69) is 25.6 Å². The van der Waals surface area contributed by atoms with Gasteiger partial charge in [0, 0.05) is 30.0 Å². The third-order valence-electron chi connectivity index (χ3n) is 5.42. The van der Waals surface area contributed by atoms with E-state index in [1.165, 1.54) is 7.11 Å². The van der Waals surface area contributed by atoms with Crippen LogP contribution in [-0.2, 0) is 11.2 Å². The highest BCUT2D eigenvalue weighted by atomic mass is 16.6. The molecule has 0 fully saturated rings. The number of H-pyrrole nitrogens is 1. The molecule has 1 aromatic carbocycles. The summed E-state index contributed by atoms with van der Waals surface area (Å²) in [6.07, 6.45) is 3.47. The van der Waals surface area contributed by atoms with Crippen LogP contribution in [-0.4, -0.2) is 51.0 Å². The molecule has 4 N–H and O–H groups in total. The van der Waals surface area contributed by atoms with Crippen molar-refractivity contribution < 1.29 is 14.7 Å². The summed E-state index contributed by atoms with van der Waals surface area (Å²) >= 11 is 0. The Morgan fingerprint density at radius 3 is 2.71 bits per heavy atom. The molecule has 0 saturated heterocycles. The first-order valence-electron chi connectivity index (χ1n) is 10.8. The van der Waals surface area contributed by atoms with Crippen LogP contribution < -0.4 is 21.0 Å². The summed E-state index contributed by atoms with van der Waals surface area (Å²) in [5.41, 5.74) is 4.73. The SMILES string of the molecule is COn1c(=O)c(-c2c(C)cccc2C)cc2cnc(Nc3c[nH]c(CC(=O)NCCO)c3)nc21. The molecule has 0 saturated carbocycles. The number of aliphatic hydroxyl groups excluding tert-OH is 1. The van der Waals surface area contributed by atoms with Gasteiger partial charge in [0.15, 0.2) is 5.65 Å². The second-order valence-corrected chi connectivity index (χ2v) is 7.87. The van der Waals surface area contributed by atoms with Gasteiger partial charge < -0.3 is 25.6 Å². The zero-order valence-corrected chi connectivity index (χ0v) is 19.2. The van der Waals surface area contributed by atoms with Gasteiger partial charge in [-0.05, 0) is 42.7 Å². The van der Waals surface area contributed by atoms with Crippen molar-refractivity contribution in [3.8, 4) is 11.1 Å². The van der Waals surface area contributed by atoms with Gasteiger partial charge in [-0.1, -0.05) is 18.2 Å². The number of aliphatic hydroxyl groups is 1. The number of nitrogens with zero attached hydrogens (tertiary/aromatic N) is 3. The lowest BCUT2D eigenvalue weighted by molar-refractivity contribution is -0.120. The number of nitrogens with one attached hydrogen (secondary N) is 3. The molecule has 3 heterocycles. The first-order valence-corrected chi connectivity index (χ1v) is 10.8. The Bertz CT molecular complexity index is 1390. The van der Waals surface area contributed by atoms with Crippen molar-refractivity contribution in [1.82, 2.24) is 25.0 Å². The average Bonchev–Trinajstić information content (AvgIpc) is 3.24. The number of hydrogen-bond donors (Lipinski definition) is 4. The molecule has 0 spiro atoms. The van der Waals surface area contributed by atoms with E-state index in [1.54, 1.807) is 24.5 Å². The number of rotatable bonds is 8. The fourth-order valence-corrected chi connectivity index (χ4v) is 3.89. The van der Waals surface area contributed by atoms with E-state index < -0.39 is 0 Å². The molecule has 176 valence electrons. The van der Waals surface area contributed by atoms with Crippen molar-refractivity contribution in [1.29, 1.82) is 0 Å². The van der Waals surface area contributed by atoms with Gasteiger partial charge in [-0.3, -0.25) is 9.59 Å². The molecule has 4 rings (SSSR count). The molecular weight excluding hydrogens is 436 g/mol. The molecule has 0 atom stereocenters. The summed E-state index contributed by atoms with van der Waals surface area (Å²) in [4.78, 5) is 42.4. The fraction of sp³-hybridized carbons (Fsp3) is 0.250. The van der Waals surface area contributed by atoms with Gasteiger partial charge in [-0.2, -0.15) is 4.98 Å². The van der Waals surface area contributed by atoms with Crippen molar-refractivity contribution in [2.75, 3.05) is 25.6 Å². The number of anilines is 2. The molecule has 0 aliphatic carbocycles. The molecule has 3 aromatic heterocycles. The average molecular weight is 463 g/mol. The number of carbonyl (C=O) groups excluding carboxylic acids is 1. The number of benzene rings is 1. The van der Waals surface area contributed by atoms with E-state index >= 15 is 0 Å². The molecule has 0 bridgehead atoms. The molecule has 34 heavy (non-hydrogen) atoms. The van der Waals surface area contributed by atoms with Gasteiger partial charge in [0.1, 0.15) is 7.11 Å². The maximum atomic E-state index is 13.3. The van der Waals surface area contributed by atoms with Crippen molar-refractivity contribution >= 4 is 28.6 Å². The Labute approximate surface area is 195 Å². The lowest BCUT2D eigenvalue weighted by Crippen LogP contribution is -2.27. The number of aryl methyl sites for hydroxylation is 2. The summed E-state index contributed by atoms with van der Waals surface area (Å²) < 4.78 is 1.16. The molecule has 1 amide bonds. The molecular formula is C24H26N6O4. The van der Waals surface area contributed by atoms with Crippen molar-refractivity contribution in [3.63, 3.8) is 0 Å². The van der Waals surface area contributed by atoms with Gasteiger partial charge in [0.25, 0.3) is 5.56 Å². The first-order chi connectivity index (χ1) is 16.4. The summed E-state index contributed by atoms with van der Waals surface area (Å²) in [5, 5.41) is 15.1. The van der Waals surface area contributed by atoms with Crippen LogP contribution in [0.3, 0.4) is 0 Å². The van der Waals surface area contributed by atoms with Crippen LogP contribution in [0.1, 0.15) is 16.8 Å². The Kier molecular flexibility index (Phi) is 6.60. The largest absolute Gasteiger partial charge is 0.412 e. The summed E-state index contributed by atoms with van der Waals surface area (Å²) in [6.45, 7) is 4.03. The van der Waals surface area contributed by atoms with Gasteiger partial charge in [-0.25, -0.2) is 4.98 Å². The number of amides is 1. The lowest BCUT2D eigenvalue weighted by Gasteiger charge is -2.14. The van der Waals surface area contributed by atoms with Crippen LogP contribution in [0.2, 0.25) is 0 Å². The smallest absolute Gasteiger partial charge is 0.292 e. The molecule has 0 aliphatic heterocycles. The predicted molar refractivity (Wildman–Crippen MR) is 129 cm³/mol. The van der Waals surface area contributed by atoms with Crippen LogP contribution in [0.25, 0.3) is 22.2 Å². The maximum absolute atomic E-state index is 13.3. The quantitative estimate of drug-likeness (QED) is 0.314. The summed E-state index contributed by atoms with van der Waals surface area (Å²) in [5.74, 6) is 0.0704. The van der Waals surface area contributed by atoms with Crippen molar-refractivity contribution in [2.24, 2.45) is 0 Å². The van der Waals surface area contributed by atoms with Crippen LogP contribution in [0.5, 0.6) is 0 Å². The van der Waals surface area contributed by atoms with E-state index in [-0.39, 0.29) is 37.0 Å². The van der Waals surface area contributed by atoms with E-state index in [0.717, 1.165) is 21.4 Å². The Morgan fingerprint density at radius 2 is 2.00 bits per heavy atom. The van der Waals surface area contributed by atoms with Gasteiger partial charge >= 0.3 is 0 Å². The van der Waals surface area contributed by atoms with Gasteiger partial charge in [-0.15, -0.1) is 4.73 Å². The zero-order chi connectivity index (χ0) is 24.2. The summed E-state index contributed by atoms with van der Waals surface area (Å²) in [7, 11) is 1.42. The normalized spacial score (nSPS) is 10.9. The number of aromatic nitrogens is 4. The number of pyridine rings is 1. The molecule has 10 heteroatoms. The molecule has 0 aliphatic rings. The topological polar surface area (TPSA) is 134 Å². The standard InChI is InChI=1S/C24H26N6O4/c1-14-5-4-6-15(2)21(14)19-9-16-12-27-24(29-22(16)30(34-3)23(19)33)28-18-10-17(26-13-18)11-20(32)25-7-8-31/h4-6,9-10,12-13,26,31H,7-8,11H2,1-3H3,(H,25,32)(H,27,28,29). The van der Waals surface area contributed by atoms with Crippen LogP contribution in [0.15, 0.2) is 47.5 Å². The fourth-order valence-electron chi connectivity index (χ4n) is 3.89.